The largest absolute Gasteiger partial charge is 0.482 e. The lowest BCUT2D eigenvalue weighted by Gasteiger charge is -2.30. The van der Waals surface area contributed by atoms with E-state index in [0.29, 0.717) is 5.76 Å². The Bertz CT molecular complexity index is 624. The first-order valence-electron chi connectivity index (χ1n) is 9.56. The van der Waals surface area contributed by atoms with Crippen LogP contribution in [0.3, 0.4) is 0 Å². The third-order valence-corrected chi connectivity index (χ3v) is 4.92. The van der Waals surface area contributed by atoms with Gasteiger partial charge in [-0.25, -0.2) is 9.69 Å². The number of aliphatic hydroxyl groups excluding tert-OH is 1. The van der Waals surface area contributed by atoms with E-state index in [0.717, 1.165) is 30.6 Å². The van der Waals surface area contributed by atoms with Crippen LogP contribution in [0.1, 0.15) is 46.5 Å². The van der Waals surface area contributed by atoms with Crippen molar-refractivity contribution in [3.8, 4) is 0 Å². The highest BCUT2D eigenvalue weighted by Crippen LogP contribution is 2.26. The zero-order valence-electron chi connectivity index (χ0n) is 16.2. The Labute approximate surface area is 160 Å². The zero-order valence-corrected chi connectivity index (χ0v) is 16.2. The lowest BCUT2D eigenvalue weighted by Crippen LogP contribution is -2.48. The van der Waals surface area contributed by atoms with Gasteiger partial charge >= 0.3 is 6.09 Å². The molecule has 2 heterocycles. The number of imide groups is 1. The summed E-state index contributed by atoms with van der Waals surface area (Å²) in [5.41, 5.74) is 0. The summed E-state index contributed by atoms with van der Waals surface area (Å²) in [6.45, 7) is 5.79. The molecule has 2 amide bonds. The number of aliphatic hydroxyl groups is 1. The highest BCUT2D eigenvalue weighted by molar-refractivity contribution is 6.01. The van der Waals surface area contributed by atoms with Crippen LogP contribution in [0.5, 0.6) is 0 Å². The van der Waals surface area contributed by atoms with Gasteiger partial charge < -0.3 is 14.6 Å². The number of unbranched alkanes of at least 4 members (excludes halogenated alkanes) is 3. The van der Waals surface area contributed by atoms with E-state index >= 15 is 0 Å². The first kappa shape index (κ1) is 21.2. The quantitative estimate of drug-likeness (QED) is 0.652. The van der Waals surface area contributed by atoms with Crippen molar-refractivity contribution in [2.75, 3.05) is 13.2 Å². The highest BCUT2D eigenvalue weighted by atomic mass is 16.6. The van der Waals surface area contributed by atoms with E-state index in [4.69, 9.17) is 14.6 Å². The molecule has 0 bridgehead atoms. The predicted octanol–water partition coefficient (Wildman–Crippen LogP) is 2.59. The molecule has 0 saturated carbocycles. The molecule has 2 rings (SSSR count). The Hall–Kier alpha value is -2.15. The summed E-state index contributed by atoms with van der Waals surface area (Å²) in [7, 11) is 0. The van der Waals surface area contributed by atoms with E-state index in [1.807, 2.05) is 19.9 Å². The van der Waals surface area contributed by atoms with Crippen LogP contribution in [-0.4, -0.2) is 53.1 Å². The number of cyclic esters (lactones) is 1. The first-order valence-corrected chi connectivity index (χ1v) is 9.56. The SMILES string of the molecule is CC(C)[C@H]1COC(=O)N1C(=O)[C@@H](C)[C@H]1OC(=CCCCCCO)C=CC1=O. The minimum atomic E-state index is -0.951. The Balaban J connectivity index is 2.04. The minimum Gasteiger partial charge on any atom is -0.482 e. The van der Waals surface area contributed by atoms with Gasteiger partial charge in [0.1, 0.15) is 12.4 Å². The number of allylic oxidation sites excluding steroid dienone is 2. The van der Waals surface area contributed by atoms with Crippen molar-refractivity contribution < 1.29 is 29.0 Å². The lowest BCUT2D eigenvalue weighted by molar-refractivity contribution is -0.143. The maximum Gasteiger partial charge on any atom is 0.416 e. The van der Waals surface area contributed by atoms with Gasteiger partial charge in [0, 0.05) is 6.61 Å². The van der Waals surface area contributed by atoms with Gasteiger partial charge in [0.25, 0.3) is 0 Å². The summed E-state index contributed by atoms with van der Waals surface area (Å²) in [5.74, 6) is -0.932. The molecule has 150 valence electrons. The summed E-state index contributed by atoms with van der Waals surface area (Å²) in [6.07, 6.45) is 6.62. The highest BCUT2D eigenvalue weighted by Gasteiger charge is 2.44. The van der Waals surface area contributed by atoms with E-state index in [1.54, 1.807) is 13.0 Å². The Morgan fingerprint density at radius 3 is 2.67 bits per heavy atom. The van der Waals surface area contributed by atoms with Gasteiger partial charge in [0.05, 0.1) is 12.0 Å². The smallest absolute Gasteiger partial charge is 0.416 e. The van der Waals surface area contributed by atoms with Gasteiger partial charge in [-0.2, -0.15) is 0 Å². The van der Waals surface area contributed by atoms with Crippen LogP contribution in [0.25, 0.3) is 0 Å². The summed E-state index contributed by atoms with van der Waals surface area (Å²) in [5, 5.41) is 8.80. The van der Waals surface area contributed by atoms with Crippen molar-refractivity contribution in [3.63, 3.8) is 0 Å². The molecule has 0 spiro atoms. The molecule has 0 aromatic rings. The number of rotatable bonds is 8. The molecule has 0 unspecified atom stereocenters. The molecule has 2 aliphatic rings. The average molecular weight is 379 g/mol. The number of nitrogens with zero attached hydrogens (tertiary/aromatic N) is 1. The predicted molar refractivity (Wildman–Crippen MR) is 98.6 cm³/mol. The fourth-order valence-corrected chi connectivity index (χ4v) is 3.17. The van der Waals surface area contributed by atoms with Crippen LogP contribution in [0.15, 0.2) is 24.0 Å². The molecule has 2 aliphatic heterocycles. The van der Waals surface area contributed by atoms with E-state index in [9.17, 15) is 14.4 Å². The van der Waals surface area contributed by atoms with Crippen molar-refractivity contribution in [1.29, 1.82) is 0 Å². The lowest BCUT2D eigenvalue weighted by atomic mass is 9.95. The van der Waals surface area contributed by atoms with E-state index in [2.05, 4.69) is 0 Å². The molecule has 1 fully saturated rings. The molecular weight excluding hydrogens is 350 g/mol. The third-order valence-electron chi connectivity index (χ3n) is 4.92. The van der Waals surface area contributed by atoms with E-state index in [1.165, 1.54) is 6.08 Å². The summed E-state index contributed by atoms with van der Waals surface area (Å²) in [4.78, 5) is 38.3. The van der Waals surface area contributed by atoms with Gasteiger partial charge in [-0.15, -0.1) is 0 Å². The Morgan fingerprint density at radius 1 is 1.26 bits per heavy atom. The maximum absolute atomic E-state index is 12.9. The monoisotopic (exact) mass is 379 g/mol. The molecule has 27 heavy (non-hydrogen) atoms. The second-order valence-electron chi connectivity index (χ2n) is 7.34. The number of hydrogen-bond acceptors (Lipinski definition) is 6. The standard InChI is InChI=1S/C20H29NO6/c1-13(2)16-12-26-20(25)21(16)19(24)14(3)18-17(23)10-9-15(27-18)8-6-4-5-7-11-22/h8-10,13-14,16,18,22H,4-7,11-12H2,1-3H3/t14-,16+,18+/m0/s1. The number of carbonyl (C=O) groups excluding carboxylic acids is 3. The van der Waals surface area contributed by atoms with Gasteiger partial charge in [0.15, 0.2) is 11.9 Å². The number of hydrogen-bond donors (Lipinski definition) is 1. The van der Waals surface area contributed by atoms with Gasteiger partial charge in [-0.05, 0) is 50.3 Å². The van der Waals surface area contributed by atoms with Crippen molar-refractivity contribution >= 4 is 17.8 Å². The summed E-state index contributed by atoms with van der Waals surface area (Å²) < 4.78 is 10.8. The average Bonchev–Trinajstić information content (AvgIpc) is 3.03. The normalized spacial score (nSPS) is 25.1. The fourth-order valence-electron chi connectivity index (χ4n) is 3.17. The molecule has 0 aromatic heterocycles. The zero-order chi connectivity index (χ0) is 20.0. The van der Waals surface area contributed by atoms with Crippen LogP contribution in [0, 0.1) is 11.8 Å². The van der Waals surface area contributed by atoms with E-state index in [-0.39, 0.29) is 31.0 Å². The van der Waals surface area contributed by atoms with E-state index < -0.39 is 24.0 Å². The maximum atomic E-state index is 12.9. The number of ketones is 1. The van der Waals surface area contributed by atoms with Crippen molar-refractivity contribution in [3.05, 3.63) is 24.0 Å². The summed E-state index contributed by atoms with van der Waals surface area (Å²) in [6, 6.07) is -0.330. The van der Waals surface area contributed by atoms with Crippen molar-refractivity contribution in [2.45, 2.75) is 58.6 Å². The second-order valence-corrected chi connectivity index (χ2v) is 7.34. The Morgan fingerprint density at radius 2 is 2.00 bits per heavy atom. The van der Waals surface area contributed by atoms with Crippen LogP contribution >= 0.6 is 0 Å². The number of carbonyl (C=O) groups is 3. The molecule has 1 N–H and O–H groups in total. The van der Waals surface area contributed by atoms with Crippen molar-refractivity contribution in [2.24, 2.45) is 11.8 Å². The van der Waals surface area contributed by atoms with Crippen LogP contribution in [0.4, 0.5) is 4.79 Å². The first-order chi connectivity index (χ1) is 12.9. The van der Waals surface area contributed by atoms with Gasteiger partial charge in [0.2, 0.25) is 5.91 Å². The third kappa shape index (κ3) is 5.19. The molecule has 1 saturated heterocycles. The van der Waals surface area contributed by atoms with Crippen LogP contribution in [0.2, 0.25) is 0 Å². The fraction of sp³-hybridized carbons (Fsp3) is 0.650. The summed E-state index contributed by atoms with van der Waals surface area (Å²) >= 11 is 0. The van der Waals surface area contributed by atoms with Crippen LogP contribution < -0.4 is 0 Å². The molecule has 7 heteroatoms. The molecule has 3 atom stereocenters. The molecule has 0 aromatic carbocycles. The second kappa shape index (κ2) is 9.69. The van der Waals surface area contributed by atoms with Crippen LogP contribution in [-0.2, 0) is 19.1 Å². The molecule has 7 nitrogen and oxygen atoms in total. The number of ether oxygens (including phenoxy) is 2. The Kier molecular flexibility index (Phi) is 7.59. The number of amides is 2. The minimum absolute atomic E-state index is 0.0600. The molecule has 0 radical (unpaired) electrons. The van der Waals surface area contributed by atoms with Gasteiger partial charge in [-0.3, -0.25) is 9.59 Å². The molecule has 0 aliphatic carbocycles. The topological polar surface area (TPSA) is 93.1 Å². The van der Waals surface area contributed by atoms with Crippen molar-refractivity contribution in [1.82, 2.24) is 4.90 Å². The molecular formula is C20H29NO6. The van der Waals surface area contributed by atoms with Gasteiger partial charge in [-0.1, -0.05) is 20.3 Å².